The van der Waals surface area contributed by atoms with Gasteiger partial charge in [-0.3, -0.25) is 10.00 Å². The molecule has 1 N–H and O–H groups in total. The quantitative estimate of drug-likeness (QED) is 0.611. The zero-order valence-corrected chi connectivity index (χ0v) is 18.2. The lowest BCUT2D eigenvalue weighted by atomic mass is 10.1. The lowest BCUT2D eigenvalue weighted by molar-refractivity contribution is 0.00539. The predicted molar refractivity (Wildman–Crippen MR) is 117 cm³/mol. The number of halogens is 1. The second-order valence-electron chi connectivity index (χ2n) is 7.26. The highest BCUT2D eigenvalue weighted by molar-refractivity contribution is 9.10. The minimum atomic E-state index is -0.162. The first-order chi connectivity index (χ1) is 14.6. The van der Waals surface area contributed by atoms with Gasteiger partial charge in [0.15, 0.2) is 5.82 Å². The standard InChI is InChI=1S/C21H23BrN6O2/c1-27-13-16(12-23-27)19-6-7-20(26-25-19)24-21(29)28-10-8-18(9-11-28)30-14-15-2-4-17(22)5-3-15/h2-7,12-13,18H,8-11,14H2,1H3,(H,24,26,29). The molecule has 30 heavy (non-hydrogen) atoms. The number of anilines is 1. The summed E-state index contributed by atoms with van der Waals surface area (Å²) in [6.45, 7) is 1.89. The molecule has 1 aliphatic rings. The molecule has 1 saturated heterocycles. The molecule has 3 heterocycles. The van der Waals surface area contributed by atoms with Gasteiger partial charge < -0.3 is 9.64 Å². The third-order valence-corrected chi connectivity index (χ3v) is 5.56. The van der Waals surface area contributed by atoms with Crippen LogP contribution < -0.4 is 5.32 Å². The molecule has 156 valence electrons. The average Bonchev–Trinajstić information content (AvgIpc) is 3.20. The molecule has 0 unspecified atom stereocenters. The van der Waals surface area contributed by atoms with E-state index < -0.39 is 0 Å². The molecule has 1 aromatic carbocycles. The topological polar surface area (TPSA) is 85.2 Å². The first-order valence-electron chi connectivity index (χ1n) is 9.81. The van der Waals surface area contributed by atoms with Crippen molar-refractivity contribution in [3.8, 4) is 11.3 Å². The van der Waals surface area contributed by atoms with Crippen LogP contribution in [0.4, 0.5) is 10.6 Å². The number of nitrogens with one attached hydrogen (secondary N) is 1. The van der Waals surface area contributed by atoms with Crippen LogP contribution in [-0.2, 0) is 18.4 Å². The Hall–Kier alpha value is -2.78. The minimum absolute atomic E-state index is 0.162. The van der Waals surface area contributed by atoms with Crippen LogP contribution in [0.15, 0.2) is 53.3 Å². The van der Waals surface area contributed by atoms with Crippen LogP contribution in [0.2, 0.25) is 0 Å². The number of benzene rings is 1. The number of likely N-dealkylation sites (tertiary alicyclic amines) is 1. The summed E-state index contributed by atoms with van der Waals surface area (Å²) in [4.78, 5) is 14.3. The van der Waals surface area contributed by atoms with Gasteiger partial charge in [0.05, 0.1) is 24.6 Å². The summed E-state index contributed by atoms with van der Waals surface area (Å²) in [7, 11) is 1.85. The van der Waals surface area contributed by atoms with E-state index in [1.807, 2.05) is 43.6 Å². The van der Waals surface area contributed by atoms with Gasteiger partial charge in [0.2, 0.25) is 0 Å². The molecular weight excluding hydrogens is 448 g/mol. The van der Waals surface area contributed by atoms with E-state index in [9.17, 15) is 4.79 Å². The summed E-state index contributed by atoms with van der Waals surface area (Å²) in [5.41, 5.74) is 2.74. The number of amides is 2. The normalized spacial score (nSPS) is 14.7. The number of carbonyl (C=O) groups excluding carboxylic acids is 1. The van der Waals surface area contributed by atoms with Crippen LogP contribution in [0.3, 0.4) is 0 Å². The number of carbonyl (C=O) groups is 1. The highest BCUT2D eigenvalue weighted by atomic mass is 79.9. The fourth-order valence-electron chi connectivity index (χ4n) is 3.32. The van der Waals surface area contributed by atoms with Gasteiger partial charge >= 0.3 is 6.03 Å². The van der Waals surface area contributed by atoms with Crippen molar-refractivity contribution in [1.29, 1.82) is 0 Å². The van der Waals surface area contributed by atoms with Gasteiger partial charge in [0, 0.05) is 36.4 Å². The van der Waals surface area contributed by atoms with E-state index in [2.05, 4.69) is 36.5 Å². The van der Waals surface area contributed by atoms with Gasteiger partial charge in [0.1, 0.15) is 0 Å². The van der Waals surface area contributed by atoms with Gasteiger partial charge in [-0.05, 0) is 42.7 Å². The van der Waals surface area contributed by atoms with Crippen molar-refractivity contribution >= 4 is 27.8 Å². The van der Waals surface area contributed by atoms with Gasteiger partial charge in [0.25, 0.3) is 0 Å². The highest BCUT2D eigenvalue weighted by Gasteiger charge is 2.23. The molecule has 1 aliphatic heterocycles. The lowest BCUT2D eigenvalue weighted by Gasteiger charge is -2.31. The van der Waals surface area contributed by atoms with Gasteiger partial charge in [-0.1, -0.05) is 28.1 Å². The third-order valence-electron chi connectivity index (χ3n) is 5.03. The van der Waals surface area contributed by atoms with Gasteiger partial charge in [-0.25, -0.2) is 4.79 Å². The van der Waals surface area contributed by atoms with E-state index in [1.54, 1.807) is 21.8 Å². The van der Waals surface area contributed by atoms with E-state index >= 15 is 0 Å². The lowest BCUT2D eigenvalue weighted by Crippen LogP contribution is -2.43. The van der Waals surface area contributed by atoms with E-state index in [0.29, 0.717) is 31.2 Å². The summed E-state index contributed by atoms with van der Waals surface area (Å²) in [5.74, 6) is 0.432. The van der Waals surface area contributed by atoms with Crippen molar-refractivity contribution in [1.82, 2.24) is 24.9 Å². The number of ether oxygens (including phenoxy) is 1. The molecule has 3 aromatic rings. The molecule has 0 aliphatic carbocycles. The van der Waals surface area contributed by atoms with Crippen LogP contribution in [-0.4, -0.2) is 50.1 Å². The summed E-state index contributed by atoms with van der Waals surface area (Å²) in [5, 5.41) is 15.2. The molecule has 9 heteroatoms. The van der Waals surface area contributed by atoms with E-state index in [0.717, 1.165) is 28.4 Å². The van der Waals surface area contributed by atoms with Crippen molar-refractivity contribution in [2.75, 3.05) is 18.4 Å². The Morgan fingerprint density at radius 1 is 1.17 bits per heavy atom. The average molecular weight is 471 g/mol. The van der Waals surface area contributed by atoms with Crippen molar-refractivity contribution in [2.45, 2.75) is 25.6 Å². The van der Waals surface area contributed by atoms with Crippen molar-refractivity contribution < 1.29 is 9.53 Å². The molecule has 8 nitrogen and oxygen atoms in total. The second-order valence-corrected chi connectivity index (χ2v) is 8.18. The monoisotopic (exact) mass is 470 g/mol. The molecule has 0 bridgehead atoms. The van der Waals surface area contributed by atoms with Crippen LogP contribution >= 0.6 is 15.9 Å². The molecule has 2 amide bonds. The SMILES string of the molecule is Cn1cc(-c2ccc(NC(=O)N3CCC(OCc4ccc(Br)cc4)CC3)nn2)cn1. The highest BCUT2D eigenvalue weighted by Crippen LogP contribution is 2.19. The Bertz CT molecular complexity index is 981. The number of piperidine rings is 1. The van der Waals surface area contributed by atoms with Crippen LogP contribution in [0.25, 0.3) is 11.3 Å². The first kappa shape index (κ1) is 20.5. The van der Waals surface area contributed by atoms with Gasteiger partial charge in [-0.2, -0.15) is 5.10 Å². The summed E-state index contributed by atoms with van der Waals surface area (Å²) in [6, 6.07) is 11.5. The fourth-order valence-corrected chi connectivity index (χ4v) is 3.58. The Morgan fingerprint density at radius 2 is 1.93 bits per heavy atom. The predicted octanol–water partition coefficient (Wildman–Crippen LogP) is 3.85. The maximum atomic E-state index is 12.5. The molecule has 0 saturated carbocycles. The largest absolute Gasteiger partial charge is 0.373 e. The first-order valence-corrected chi connectivity index (χ1v) is 10.6. The van der Waals surface area contributed by atoms with Crippen molar-refractivity contribution in [3.05, 3.63) is 58.8 Å². The van der Waals surface area contributed by atoms with Crippen molar-refractivity contribution in [3.63, 3.8) is 0 Å². The molecule has 2 aromatic heterocycles. The Kier molecular flexibility index (Phi) is 6.39. The number of urea groups is 1. The number of nitrogens with zero attached hydrogens (tertiary/aromatic N) is 5. The number of rotatable bonds is 5. The van der Waals surface area contributed by atoms with Gasteiger partial charge in [-0.15, -0.1) is 10.2 Å². The van der Waals surface area contributed by atoms with Crippen LogP contribution in [0.5, 0.6) is 0 Å². The fraction of sp³-hybridized carbons (Fsp3) is 0.333. The maximum Gasteiger partial charge on any atom is 0.323 e. The molecule has 0 atom stereocenters. The summed E-state index contributed by atoms with van der Waals surface area (Å²) >= 11 is 3.44. The molecular formula is C21H23BrN6O2. The zero-order valence-electron chi connectivity index (χ0n) is 16.7. The van der Waals surface area contributed by atoms with Crippen LogP contribution in [0.1, 0.15) is 18.4 Å². The summed E-state index contributed by atoms with van der Waals surface area (Å²) in [6.07, 6.45) is 5.39. The number of aryl methyl sites for hydroxylation is 1. The minimum Gasteiger partial charge on any atom is -0.373 e. The number of aromatic nitrogens is 4. The Labute approximate surface area is 183 Å². The molecule has 0 spiro atoms. The van der Waals surface area contributed by atoms with E-state index in [1.165, 1.54) is 0 Å². The molecule has 1 fully saturated rings. The second kappa shape index (κ2) is 9.36. The molecule has 0 radical (unpaired) electrons. The maximum absolute atomic E-state index is 12.5. The zero-order chi connectivity index (χ0) is 20.9. The van der Waals surface area contributed by atoms with E-state index in [4.69, 9.17) is 4.74 Å². The Morgan fingerprint density at radius 3 is 2.57 bits per heavy atom. The number of hydrogen-bond donors (Lipinski definition) is 1. The van der Waals surface area contributed by atoms with E-state index in [-0.39, 0.29) is 12.1 Å². The Balaban J connectivity index is 1.23. The van der Waals surface area contributed by atoms with Crippen LogP contribution in [0, 0.1) is 0 Å². The third kappa shape index (κ3) is 5.22. The summed E-state index contributed by atoms with van der Waals surface area (Å²) < 4.78 is 8.77. The number of hydrogen-bond acceptors (Lipinski definition) is 5. The smallest absolute Gasteiger partial charge is 0.323 e. The van der Waals surface area contributed by atoms with Crippen molar-refractivity contribution in [2.24, 2.45) is 7.05 Å². The molecule has 4 rings (SSSR count).